The molecule has 0 saturated heterocycles. The van der Waals surface area contributed by atoms with Gasteiger partial charge >= 0.3 is 0 Å². The summed E-state index contributed by atoms with van der Waals surface area (Å²) >= 11 is 0. The van der Waals surface area contributed by atoms with Crippen LogP contribution in [0.2, 0.25) is 0 Å². The number of benzene rings is 1. The summed E-state index contributed by atoms with van der Waals surface area (Å²) in [6, 6.07) is 7.07. The highest BCUT2D eigenvalue weighted by Gasteiger charge is 2.30. The molecular weight excluding hydrogens is 262 g/mol. The summed E-state index contributed by atoms with van der Waals surface area (Å²) in [4.78, 5) is 0. The van der Waals surface area contributed by atoms with Crippen molar-refractivity contribution < 1.29 is 13.5 Å². The molecule has 19 heavy (non-hydrogen) atoms. The minimum atomic E-state index is -3.10. The third kappa shape index (κ3) is 4.21. The molecule has 4 nitrogen and oxygen atoms in total. The van der Waals surface area contributed by atoms with E-state index >= 15 is 0 Å². The molecule has 1 aromatic rings. The second-order valence-corrected chi connectivity index (χ2v) is 8.11. The molecule has 1 unspecified atom stereocenters. The molecule has 0 aliphatic rings. The molecule has 1 rings (SSSR count). The van der Waals surface area contributed by atoms with Crippen LogP contribution < -0.4 is 5.32 Å². The topological polar surface area (TPSA) is 66.4 Å². The van der Waals surface area contributed by atoms with Gasteiger partial charge in [0.25, 0.3) is 0 Å². The van der Waals surface area contributed by atoms with Gasteiger partial charge < -0.3 is 10.4 Å². The predicted octanol–water partition coefficient (Wildman–Crippen LogP) is 2.26. The monoisotopic (exact) mass is 285 g/mol. The summed E-state index contributed by atoms with van der Waals surface area (Å²) in [5.41, 5.74) is 1.05. The lowest BCUT2D eigenvalue weighted by Crippen LogP contribution is -2.42. The van der Waals surface area contributed by atoms with Crippen molar-refractivity contribution in [3.8, 4) is 5.75 Å². The SMILES string of the molecule is CCC(NCC(C)(C)S(C)(=O)=O)c1ccc(O)cc1. The Bertz CT molecular complexity index is 506. The number of rotatable bonds is 6. The van der Waals surface area contributed by atoms with E-state index in [1.165, 1.54) is 6.26 Å². The zero-order valence-electron chi connectivity index (χ0n) is 12.0. The zero-order chi connectivity index (χ0) is 14.7. The standard InChI is InChI=1S/C14H23NO3S/c1-5-13(11-6-8-12(16)9-7-11)15-10-14(2,3)19(4,17)18/h6-9,13,15-16H,5,10H2,1-4H3. The minimum absolute atomic E-state index is 0.0848. The second kappa shape index (κ2) is 5.92. The van der Waals surface area contributed by atoms with Crippen LogP contribution in [0.1, 0.15) is 38.8 Å². The van der Waals surface area contributed by atoms with Gasteiger partial charge in [0.05, 0.1) is 4.75 Å². The summed E-state index contributed by atoms with van der Waals surface area (Å²) in [5, 5.41) is 12.6. The Morgan fingerprint density at radius 1 is 1.26 bits per heavy atom. The Hall–Kier alpha value is -1.07. The van der Waals surface area contributed by atoms with Crippen LogP contribution >= 0.6 is 0 Å². The molecule has 5 heteroatoms. The maximum Gasteiger partial charge on any atom is 0.153 e. The number of phenols is 1. The number of hydrogen-bond acceptors (Lipinski definition) is 4. The summed E-state index contributed by atoms with van der Waals surface area (Å²) < 4.78 is 22.5. The van der Waals surface area contributed by atoms with Crippen molar-refractivity contribution in [1.82, 2.24) is 5.32 Å². The van der Waals surface area contributed by atoms with Crippen molar-refractivity contribution in [3.63, 3.8) is 0 Å². The molecule has 1 aromatic carbocycles. The van der Waals surface area contributed by atoms with Crippen molar-refractivity contribution in [2.45, 2.75) is 38.0 Å². The number of hydrogen-bond donors (Lipinski definition) is 2. The highest BCUT2D eigenvalue weighted by molar-refractivity contribution is 7.92. The van der Waals surface area contributed by atoms with E-state index in [4.69, 9.17) is 0 Å². The van der Waals surface area contributed by atoms with E-state index in [9.17, 15) is 13.5 Å². The van der Waals surface area contributed by atoms with Crippen LogP contribution in [0.5, 0.6) is 5.75 Å². The summed E-state index contributed by atoms with van der Waals surface area (Å²) in [6.07, 6.45) is 2.11. The van der Waals surface area contributed by atoms with Gasteiger partial charge in [-0.2, -0.15) is 0 Å². The molecule has 108 valence electrons. The highest BCUT2D eigenvalue weighted by Crippen LogP contribution is 2.21. The van der Waals surface area contributed by atoms with Crippen molar-refractivity contribution in [2.75, 3.05) is 12.8 Å². The summed E-state index contributed by atoms with van der Waals surface area (Å²) in [5.74, 6) is 0.232. The Labute approximate surface area is 115 Å². The quantitative estimate of drug-likeness (QED) is 0.841. The van der Waals surface area contributed by atoms with Crippen LogP contribution in [0.25, 0.3) is 0 Å². The Morgan fingerprint density at radius 3 is 2.21 bits per heavy atom. The lowest BCUT2D eigenvalue weighted by molar-refractivity contribution is 0.460. The third-order valence-electron chi connectivity index (χ3n) is 3.48. The molecule has 0 radical (unpaired) electrons. The van der Waals surface area contributed by atoms with E-state index in [1.807, 2.05) is 19.1 Å². The van der Waals surface area contributed by atoms with E-state index in [1.54, 1.807) is 26.0 Å². The maximum absolute atomic E-state index is 11.7. The van der Waals surface area contributed by atoms with Crippen LogP contribution in [-0.2, 0) is 9.84 Å². The van der Waals surface area contributed by atoms with E-state index in [2.05, 4.69) is 5.32 Å². The first-order valence-electron chi connectivity index (χ1n) is 6.39. The average molecular weight is 285 g/mol. The highest BCUT2D eigenvalue weighted by atomic mass is 32.2. The fraction of sp³-hybridized carbons (Fsp3) is 0.571. The summed E-state index contributed by atoms with van der Waals surface area (Å²) in [7, 11) is -3.10. The molecule has 0 spiro atoms. The van der Waals surface area contributed by atoms with Gasteiger partial charge in [0.2, 0.25) is 0 Å². The molecule has 1 atom stereocenters. The minimum Gasteiger partial charge on any atom is -0.508 e. The molecule has 2 N–H and O–H groups in total. The molecular formula is C14H23NO3S. The fourth-order valence-electron chi connectivity index (χ4n) is 1.70. The molecule has 0 fully saturated rings. The van der Waals surface area contributed by atoms with Crippen LogP contribution in [0, 0.1) is 0 Å². The van der Waals surface area contributed by atoms with Gasteiger partial charge in [-0.3, -0.25) is 0 Å². The van der Waals surface area contributed by atoms with Gasteiger partial charge in [0.15, 0.2) is 9.84 Å². The molecule has 0 heterocycles. The molecule has 0 saturated carbocycles. The van der Waals surface area contributed by atoms with Crippen molar-refractivity contribution >= 4 is 9.84 Å². The zero-order valence-corrected chi connectivity index (χ0v) is 12.8. The fourth-order valence-corrected chi connectivity index (χ4v) is 2.05. The summed E-state index contributed by atoms with van der Waals surface area (Å²) in [6.45, 7) is 5.88. The Kier molecular flexibility index (Phi) is 4.98. The third-order valence-corrected chi connectivity index (χ3v) is 5.63. The first-order valence-corrected chi connectivity index (χ1v) is 8.28. The molecule has 0 aliphatic heterocycles. The smallest absolute Gasteiger partial charge is 0.153 e. The number of sulfone groups is 1. The van der Waals surface area contributed by atoms with Gasteiger partial charge in [-0.1, -0.05) is 19.1 Å². The van der Waals surface area contributed by atoms with Gasteiger partial charge in [-0.25, -0.2) is 8.42 Å². The van der Waals surface area contributed by atoms with Crippen LogP contribution in [0.4, 0.5) is 0 Å². The number of phenolic OH excluding ortho intramolecular Hbond substituents is 1. The first-order chi connectivity index (χ1) is 8.67. The van der Waals surface area contributed by atoms with E-state index in [0.717, 1.165) is 12.0 Å². The largest absolute Gasteiger partial charge is 0.508 e. The Morgan fingerprint density at radius 2 is 1.79 bits per heavy atom. The van der Waals surface area contributed by atoms with Gasteiger partial charge in [0.1, 0.15) is 5.75 Å². The van der Waals surface area contributed by atoms with Gasteiger partial charge in [-0.15, -0.1) is 0 Å². The second-order valence-electron chi connectivity index (χ2n) is 5.47. The van der Waals surface area contributed by atoms with Gasteiger partial charge in [0, 0.05) is 18.8 Å². The molecule has 0 aromatic heterocycles. The van der Waals surface area contributed by atoms with Crippen LogP contribution in [0.15, 0.2) is 24.3 Å². The molecule has 0 bridgehead atoms. The van der Waals surface area contributed by atoms with Crippen molar-refractivity contribution in [3.05, 3.63) is 29.8 Å². The average Bonchev–Trinajstić information content (AvgIpc) is 2.30. The van der Waals surface area contributed by atoms with Gasteiger partial charge in [-0.05, 0) is 38.0 Å². The van der Waals surface area contributed by atoms with E-state index < -0.39 is 14.6 Å². The normalized spacial score (nSPS) is 14.3. The van der Waals surface area contributed by atoms with Crippen LogP contribution in [0.3, 0.4) is 0 Å². The maximum atomic E-state index is 11.7. The lowest BCUT2D eigenvalue weighted by atomic mass is 10.0. The van der Waals surface area contributed by atoms with E-state index in [-0.39, 0.29) is 11.8 Å². The van der Waals surface area contributed by atoms with Crippen molar-refractivity contribution in [1.29, 1.82) is 0 Å². The first kappa shape index (κ1) is 16.0. The number of nitrogens with one attached hydrogen (secondary N) is 1. The molecule has 0 amide bonds. The Balaban J connectivity index is 2.76. The predicted molar refractivity (Wildman–Crippen MR) is 78.1 cm³/mol. The molecule has 0 aliphatic carbocycles. The van der Waals surface area contributed by atoms with Crippen molar-refractivity contribution in [2.24, 2.45) is 0 Å². The number of aromatic hydroxyl groups is 1. The van der Waals surface area contributed by atoms with Crippen LogP contribution in [-0.4, -0.2) is 31.1 Å². The van der Waals surface area contributed by atoms with E-state index in [0.29, 0.717) is 6.54 Å². The lowest BCUT2D eigenvalue weighted by Gasteiger charge is -2.26.